The van der Waals surface area contributed by atoms with Gasteiger partial charge in [0, 0.05) is 6.54 Å². The van der Waals surface area contributed by atoms with Gasteiger partial charge in [0.2, 0.25) is 5.96 Å². The molecule has 0 aromatic heterocycles. The molecule has 0 atom stereocenters. The summed E-state index contributed by atoms with van der Waals surface area (Å²) in [7, 11) is 0. The van der Waals surface area contributed by atoms with Gasteiger partial charge in [0.15, 0.2) is 0 Å². The Kier molecular flexibility index (Phi) is 2.89. The number of nitrogens with two attached hydrogens (primary N) is 1. The van der Waals surface area contributed by atoms with E-state index in [2.05, 4.69) is 15.7 Å². The number of halogens is 3. The summed E-state index contributed by atoms with van der Waals surface area (Å²) >= 11 is 0. The van der Waals surface area contributed by atoms with E-state index in [4.69, 9.17) is 5.84 Å². The lowest BCUT2D eigenvalue weighted by atomic mass is 10.2. The first-order valence-corrected chi connectivity index (χ1v) is 4.31. The van der Waals surface area contributed by atoms with Gasteiger partial charge in [0.25, 0.3) is 0 Å². The zero-order valence-electron chi connectivity index (χ0n) is 7.78. The summed E-state index contributed by atoms with van der Waals surface area (Å²) in [6.45, 7) is 2.09. The molecule has 1 aliphatic rings. The molecule has 0 aromatic rings. The summed E-state index contributed by atoms with van der Waals surface area (Å²) in [5, 5.41) is 2.28. The fourth-order valence-corrected chi connectivity index (χ4v) is 1.11. The second-order valence-electron chi connectivity index (χ2n) is 3.17. The standard InChI is InChI=1S/C7H13F3N4/c1-2-12-5(14-11)13-6(3-4-6)7(8,9)10/h2-4,11H2,1H3,(H2,12,13,14). The van der Waals surface area contributed by atoms with Crippen molar-refractivity contribution in [3.05, 3.63) is 0 Å². The van der Waals surface area contributed by atoms with Crippen molar-refractivity contribution in [1.82, 2.24) is 10.7 Å². The minimum absolute atomic E-state index is 0.0117. The fourth-order valence-electron chi connectivity index (χ4n) is 1.11. The Bertz CT molecular complexity index is 232. The summed E-state index contributed by atoms with van der Waals surface area (Å²) in [4.78, 5) is 3.75. The van der Waals surface area contributed by atoms with Crippen molar-refractivity contribution in [2.75, 3.05) is 6.54 Å². The van der Waals surface area contributed by atoms with Gasteiger partial charge in [-0.05, 0) is 19.8 Å². The van der Waals surface area contributed by atoms with Crippen LogP contribution in [0.1, 0.15) is 19.8 Å². The predicted molar refractivity (Wildman–Crippen MR) is 46.5 cm³/mol. The molecule has 0 spiro atoms. The van der Waals surface area contributed by atoms with Gasteiger partial charge in [-0.15, -0.1) is 0 Å². The monoisotopic (exact) mass is 210 g/mol. The highest BCUT2D eigenvalue weighted by atomic mass is 19.4. The van der Waals surface area contributed by atoms with Crippen molar-refractivity contribution in [3.8, 4) is 0 Å². The molecule has 0 unspecified atom stereocenters. The maximum Gasteiger partial charge on any atom is 0.411 e. The van der Waals surface area contributed by atoms with Crippen molar-refractivity contribution in [1.29, 1.82) is 0 Å². The van der Waals surface area contributed by atoms with Gasteiger partial charge in [-0.25, -0.2) is 5.84 Å². The average Bonchev–Trinajstić information content (AvgIpc) is 2.83. The van der Waals surface area contributed by atoms with Crippen LogP contribution in [0.15, 0.2) is 4.99 Å². The van der Waals surface area contributed by atoms with E-state index in [0.29, 0.717) is 6.54 Å². The topological polar surface area (TPSA) is 62.4 Å². The molecule has 7 heteroatoms. The van der Waals surface area contributed by atoms with E-state index in [1.54, 1.807) is 6.92 Å². The van der Waals surface area contributed by atoms with E-state index in [9.17, 15) is 13.2 Å². The van der Waals surface area contributed by atoms with Crippen molar-refractivity contribution in [2.24, 2.45) is 10.8 Å². The first-order chi connectivity index (χ1) is 6.45. The van der Waals surface area contributed by atoms with Crippen molar-refractivity contribution in [3.63, 3.8) is 0 Å². The van der Waals surface area contributed by atoms with Gasteiger partial charge in [-0.1, -0.05) is 0 Å². The van der Waals surface area contributed by atoms with Crippen LogP contribution < -0.4 is 16.6 Å². The molecule has 1 rings (SSSR count). The molecule has 0 radical (unpaired) electrons. The maximum atomic E-state index is 12.4. The zero-order chi connectivity index (χ0) is 10.8. The Hall–Kier alpha value is -0.980. The summed E-state index contributed by atoms with van der Waals surface area (Å²) in [5.41, 5.74) is 0.298. The average molecular weight is 210 g/mol. The van der Waals surface area contributed by atoms with Crippen LogP contribution >= 0.6 is 0 Å². The Morgan fingerprint density at radius 2 is 2.07 bits per heavy atom. The predicted octanol–water partition coefficient (Wildman–Crippen LogP) is 0.510. The van der Waals surface area contributed by atoms with E-state index in [1.165, 1.54) is 0 Å². The van der Waals surface area contributed by atoms with Crippen LogP contribution in [0.2, 0.25) is 0 Å². The molecular formula is C7H13F3N4. The molecule has 0 aromatic carbocycles. The summed E-state index contributed by atoms with van der Waals surface area (Å²) < 4.78 is 37.3. The molecule has 0 bridgehead atoms. The molecular weight excluding hydrogens is 197 g/mol. The molecule has 0 amide bonds. The first-order valence-electron chi connectivity index (χ1n) is 4.31. The van der Waals surface area contributed by atoms with Crippen LogP contribution in [-0.4, -0.2) is 24.2 Å². The van der Waals surface area contributed by atoms with E-state index in [1.807, 2.05) is 0 Å². The normalized spacial score (nSPS) is 20.5. The molecule has 1 aliphatic carbocycles. The van der Waals surface area contributed by atoms with E-state index >= 15 is 0 Å². The molecule has 1 fully saturated rings. The van der Waals surface area contributed by atoms with Crippen molar-refractivity contribution >= 4 is 5.96 Å². The number of aliphatic imine (C=N–C) groups is 1. The van der Waals surface area contributed by atoms with E-state index < -0.39 is 11.7 Å². The van der Waals surface area contributed by atoms with Gasteiger partial charge in [-0.3, -0.25) is 10.4 Å². The molecule has 0 saturated heterocycles. The van der Waals surface area contributed by atoms with Crippen LogP contribution in [0.5, 0.6) is 0 Å². The lowest BCUT2D eigenvalue weighted by Gasteiger charge is -2.22. The Balaban J connectivity index is 2.64. The number of nitrogens with zero attached hydrogens (tertiary/aromatic N) is 1. The lowest BCUT2D eigenvalue weighted by molar-refractivity contribution is -0.161. The van der Waals surface area contributed by atoms with E-state index in [0.717, 1.165) is 0 Å². The first kappa shape index (κ1) is 11.1. The van der Waals surface area contributed by atoms with Gasteiger partial charge >= 0.3 is 6.18 Å². The largest absolute Gasteiger partial charge is 0.411 e. The second kappa shape index (κ2) is 3.64. The third kappa shape index (κ3) is 2.09. The molecule has 4 N–H and O–H groups in total. The number of guanidine groups is 1. The minimum atomic E-state index is -4.25. The van der Waals surface area contributed by atoms with Crippen LogP contribution in [-0.2, 0) is 0 Å². The van der Waals surface area contributed by atoms with Crippen LogP contribution in [0, 0.1) is 0 Å². The quantitative estimate of drug-likeness (QED) is 0.269. The molecule has 82 valence electrons. The highest BCUT2D eigenvalue weighted by Gasteiger charge is 2.64. The van der Waals surface area contributed by atoms with Gasteiger partial charge in [0.1, 0.15) is 5.54 Å². The summed E-state index contributed by atoms with van der Waals surface area (Å²) in [5.74, 6) is 5.01. The van der Waals surface area contributed by atoms with Crippen LogP contribution in [0.25, 0.3) is 0 Å². The number of hydrazine groups is 1. The second-order valence-corrected chi connectivity index (χ2v) is 3.17. The Morgan fingerprint density at radius 1 is 1.50 bits per heavy atom. The third-order valence-electron chi connectivity index (χ3n) is 2.10. The molecule has 0 heterocycles. The smallest absolute Gasteiger partial charge is 0.341 e. The van der Waals surface area contributed by atoms with E-state index in [-0.39, 0.29) is 18.8 Å². The van der Waals surface area contributed by atoms with Gasteiger partial charge < -0.3 is 5.32 Å². The minimum Gasteiger partial charge on any atom is -0.341 e. The molecule has 1 saturated carbocycles. The Morgan fingerprint density at radius 3 is 2.36 bits per heavy atom. The molecule has 4 nitrogen and oxygen atoms in total. The number of hydrogen-bond donors (Lipinski definition) is 3. The fraction of sp³-hybridized carbons (Fsp3) is 0.857. The number of rotatable bonds is 2. The number of nitrogens with one attached hydrogen (secondary N) is 2. The van der Waals surface area contributed by atoms with Gasteiger partial charge in [0.05, 0.1) is 0 Å². The van der Waals surface area contributed by atoms with Crippen molar-refractivity contribution < 1.29 is 13.2 Å². The number of alkyl halides is 3. The Labute approximate surface area is 79.7 Å². The molecule has 0 aliphatic heterocycles. The lowest BCUT2D eigenvalue weighted by Crippen LogP contribution is -2.53. The zero-order valence-corrected chi connectivity index (χ0v) is 7.78. The highest BCUT2D eigenvalue weighted by molar-refractivity contribution is 5.80. The highest BCUT2D eigenvalue weighted by Crippen LogP contribution is 2.48. The number of hydrogen-bond acceptors (Lipinski definition) is 2. The summed E-state index contributed by atoms with van der Waals surface area (Å²) in [6, 6.07) is 0. The van der Waals surface area contributed by atoms with Crippen LogP contribution in [0.4, 0.5) is 13.2 Å². The summed E-state index contributed by atoms with van der Waals surface area (Å²) in [6.07, 6.45) is -4.11. The maximum absolute atomic E-state index is 12.4. The van der Waals surface area contributed by atoms with Gasteiger partial charge in [-0.2, -0.15) is 13.2 Å². The third-order valence-corrected chi connectivity index (χ3v) is 2.10. The van der Waals surface area contributed by atoms with Crippen LogP contribution in [0.3, 0.4) is 0 Å². The molecule has 14 heavy (non-hydrogen) atoms. The SMILES string of the molecule is CCN=C(NN)NC1(C(F)(F)F)CC1. The van der Waals surface area contributed by atoms with Crippen molar-refractivity contribution in [2.45, 2.75) is 31.5 Å².